The van der Waals surface area contributed by atoms with Gasteiger partial charge < -0.3 is 19.7 Å². The van der Waals surface area contributed by atoms with E-state index in [9.17, 15) is 10.2 Å². The van der Waals surface area contributed by atoms with Gasteiger partial charge in [-0.3, -0.25) is 0 Å². The van der Waals surface area contributed by atoms with Gasteiger partial charge in [0, 0.05) is 22.8 Å². The van der Waals surface area contributed by atoms with E-state index in [1.54, 1.807) is 46.9 Å². The number of ether oxygens (including phenoxy) is 2. The van der Waals surface area contributed by atoms with E-state index in [0.717, 1.165) is 32.0 Å². The van der Waals surface area contributed by atoms with E-state index in [-0.39, 0.29) is 26.3 Å². The molecule has 11 heteroatoms. The Balaban J connectivity index is 1.30. The Labute approximate surface area is 306 Å². The standard InChI is InChI=1S/C40H38N2O6S3/c43-39-35(27-47-33-15-3-1-4-16-33)41(25-29-11-7-13-31(23-29)37-19-9-21-49-37)51(45,46)42(36(40(39)44)28-48-34-17-5-2-6-18-34)26-30-12-8-14-32(24-30)38-20-10-22-50-38/h1-24,35-36,39-40,43-44H,25-28H2/t35-,36-,39+,40+/m0/s1. The number of thiophene rings is 2. The molecular weight excluding hydrogens is 701 g/mol. The van der Waals surface area contributed by atoms with Gasteiger partial charge in [0.15, 0.2) is 0 Å². The summed E-state index contributed by atoms with van der Waals surface area (Å²) in [4.78, 5) is 2.11. The Bertz CT molecular complexity index is 1950. The number of rotatable bonds is 12. The van der Waals surface area contributed by atoms with Crippen LogP contribution in [0.15, 0.2) is 144 Å². The number of nitrogens with zero attached hydrogens (tertiary/aromatic N) is 2. The molecule has 0 bridgehead atoms. The molecular formula is C40H38N2O6S3. The van der Waals surface area contributed by atoms with Crippen molar-refractivity contribution in [1.29, 1.82) is 0 Å². The van der Waals surface area contributed by atoms with Crippen molar-refractivity contribution >= 4 is 32.9 Å². The summed E-state index contributed by atoms with van der Waals surface area (Å²) in [5.41, 5.74) is 3.39. The van der Waals surface area contributed by atoms with E-state index in [1.165, 1.54) is 8.61 Å². The largest absolute Gasteiger partial charge is 0.492 e. The van der Waals surface area contributed by atoms with Crippen LogP contribution in [-0.2, 0) is 23.3 Å². The van der Waals surface area contributed by atoms with Crippen LogP contribution in [-0.4, -0.2) is 64.7 Å². The molecule has 0 spiro atoms. The fourth-order valence-electron chi connectivity index (χ4n) is 6.32. The molecule has 6 aromatic rings. The smallest absolute Gasteiger partial charge is 0.283 e. The maximum atomic E-state index is 15.2. The summed E-state index contributed by atoms with van der Waals surface area (Å²) in [6.07, 6.45) is -3.04. The lowest BCUT2D eigenvalue weighted by molar-refractivity contribution is -0.0565. The first kappa shape index (κ1) is 35.1. The molecule has 0 amide bonds. The summed E-state index contributed by atoms with van der Waals surface area (Å²) >= 11 is 3.20. The molecule has 0 radical (unpaired) electrons. The summed E-state index contributed by atoms with van der Waals surface area (Å²) in [6.45, 7) is -0.515. The molecule has 0 saturated carbocycles. The van der Waals surface area contributed by atoms with Crippen LogP contribution in [0.25, 0.3) is 20.9 Å². The third kappa shape index (κ3) is 8.10. The van der Waals surface area contributed by atoms with Crippen LogP contribution in [0.2, 0.25) is 0 Å². The highest BCUT2D eigenvalue weighted by molar-refractivity contribution is 7.86. The van der Waals surface area contributed by atoms with E-state index in [2.05, 4.69) is 0 Å². The first-order valence-electron chi connectivity index (χ1n) is 16.6. The predicted molar refractivity (Wildman–Crippen MR) is 203 cm³/mol. The number of hydrogen-bond donors (Lipinski definition) is 2. The van der Waals surface area contributed by atoms with Crippen molar-refractivity contribution in [3.63, 3.8) is 0 Å². The molecule has 7 rings (SSSR count). The highest BCUT2D eigenvalue weighted by Gasteiger charge is 2.51. The molecule has 1 saturated heterocycles. The molecule has 1 aliphatic rings. The SMILES string of the molecule is O=S1(=O)N(Cc2cccc(-c3cccs3)c2)[C@@H](COc2ccccc2)[C@@H](O)[C@H](O)[C@H](COc2ccccc2)N1Cc1cccc(-c2cccs2)c1. The molecule has 2 aromatic heterocycles. The Kier molecular flexibility index (Phi) is 11.0. The van der Waals surface area contributed by atoms with E-state index >= 15 is 8.42 Å². The van der Waals surface area contributed by atoms with Gasteiger partial charge in [-0.1, -0.05) is 84.9 Å². The molecule has 4 atom stereocenters. The van der Waals surface area contributed by atoms with Crippen molar-refractivity contribution in [1.82, 2.24) is 8.61 Å². The van der Waals surface area contributed by atoms with Crippen molar-refractivity contribution in [2.45, 2.75) is 37.4 Å². The van der Waals surface area contributed by atoms with Crippen LogP contribution < -0.4 is 9.47 Å². The maximum absolute atomic E-state index is 15.2. The Morgan fingerprint density at radius 1 is 0.549 bits per heavy atom. The van der Waals surface area contributed by atoms with Crippen molar-refractivity contribution < 1.29 is 28.1 Å². The zero-order valence-electron chi connectivity index (χ0n) is 27.6. The number of benzene rings is 4. The zero-order chi connectivity index (χ0) is 35.2. The summed E-state index contributed by atoms with van der Waals surface area (Å²) in [5.74, 6) is 1.04. The molecule has 8 nitrogen and oxygen atoms in total. The highest BCUT2D eigenvalue weighted by atomic mass is 32.2. The van der Waals surface area contributed by atoms with E-state index < -0.39 is 34.5 Å². The molecule has 262 valence electrons. The van der Waals surface area contributed by atoms with Gasteiger partial charge in [-0.2, -0.15) is 17.0 Å². The average Bonchev–Trinajstić information content (AvgIpc) is 3.90. The van der Waals surface area contributed by atoms with Crippen LogP contribution in [0.3, 0.4) is 0 Å². The second kappa shape index (κ2) is 15.9. The van der Waals surface area contributed by atoms with Crippen LogP contribution in [0.1, 0.15) is 11.1 Å². The van der Waals surface area contributed by atoms with Crippen molar-refractivity contribution in [3.8, 4) is 32.4 Å². The lowest BCUT2D eigenvalue weighted by Gasteiger charge is -2.34. The third-order valence-electron chi connectivity index (χ3n) is 8.94. The van der Waals surface area contributed by atoms with Gasteiger partial charge in [-0.05, 0) is 81.5 Å². The Morgan fingerprint density at radius 3 is 1.37 bits per heavy atom. The second-order valence-corrected chi connectivity index (χ2v) is 16.0. The van der Waals surface area contributed by atoms with Gasteiger partial charge in [-0.25, -0.2) is 0 Å². The maximum Gasteiger partial charge on any atom is 0.283 e. The average molecular weight is 739 g/mol. The summed E-state index contributed by atoms with van der Waals surface area (Å²) < 4.78 is 45.2. The van der Waals surface area contributed by atoms with E-state index in [0.29, 0.717) is 11.5 Å². The van der Waals surface area contributed by atoms with Gasteiger partial charge in [0.25, 0.3) is 10.2 Å². The lowest BCUT2D eigenvalue weighted by Crippen LogP contribution is -2.52. The molecule has 4 aromatic carbocycles. The fourth-order valence-corrected chi connectivity index (χ4v) is 9.72. The second-order valence-electron chi connectivity index (χ2n) is 12.3. The molecule has 0 aliphatic carbocycles. The lowest BCUT2D eigenvalue weighted by atomic mass is 9.98. The fraction of sp³-hybridized carbons (Fsp3) is 0.200. The summed E-state index contributed by atoms with van der Waals surface area (Å²) in [6, 6.07) is 39.3. The van der Waals surface area contributed by atoms with Crippen LogP contribution >= 0.6 is 22.7 Å². The van der Waals surface area contributed by atoms with Gasteiger partial charge in [0.2, 0.25) is 0 Å². The molecule has 1 aliphatic heterocycles. The van der Waals surface area contributed by atoms with Gasteiger partial charge in [-0.15, -0.1) is 22.7 Å². The topological polar surface area (TPSA) is 99.5 Å². The third-order valence-corrected chi connectivity index (χ3v) is 12.8. The first-order valence-corrected chi connectivity index (χ1v) is 19.8. The number of para-hydroxylation sites is 2. The molecule has 0 unspecified atom stereocenters. The molecule has 2 N–H and O–H groups in total. The summed E-state index contributed by atoms with van der Waals surface area (Å²) in [5, 5.41) is 28.0. The van der Waals surface area contributed by atoms with E-state index in [4.69, 9.17) is 9.47 Å². The Morgan fingerprint density at radius 2 is 0.980 bits per heavy atom. The number of aliphatic hydroxyl groups is 2. The quantitative estimate of drug-likeness (QED) is 0.137. The predicted octanol–water partition coefficient (Wildman–Crippen LogP) is 7.32. The van der Waals surface area contributed by atoms with E-state index in [1.807, 2.05) is 120 Å². The first-order chi connectivity index (χ1) is 24.9. The van der Waals surface area contributed by atoms with Crippen LogP contribution in [0, 0.1) is 0 Å². The van der Waals surface area contributed by atoms with Crippen molar-refractivity contribution in [3.05, 3.63) is 155 Å². The molecule has 1 fully saturated rings. The summed E-state index contributed by atoms with van der Waals surface area (Å²) in [7, 11) is -4.41. The van der Waals surface area contributed by atoms with Gasteiger partial charge >= 0.3 is 0 Å². The van der Waals surface area contributed by atoms with Gasteiger partial charge in [0.1, 0.15) is 36.9 Å². The molecule has 3 heterocycles. The van der Waals surface area contributed by atoms with Gasteiger partial charge in [0.05, 0.1) is 12.1 Å². The minimum atomic E-state index is -4.41. The minimum Gasteiger partial charge on any atom is -0.492 e. The van der Waals surface area contributed by atoms with Crippen molar-refractivity contribution in [2.24, 2.45) is 0 Å². The van der Waals surface area contributed by atoms with Crippen LogP contribution in [0.4, 0.5) is 0 Å². The Hall–Kier alpha value is -4.33. The monoisotopic (exact) mass is 738 g/mol. The molecule has 51 heavy (non-hydrogen) atoms. The number of aliphatic hydroxyl groups excluding tert-OH is 2. The minimum absolute atomic E-state index is 0.0634. The normalized spacial score (nSPS) is 20.8. The highest BCUT2D eigenvalue weighted by Crippen LogP contribution is 2.34. The zero-order valence-corrected chi connectivity index (χ0v) is 30.1. The number of hydrogen-bond acceptors (Lipinski definition) is 8. The van der Waals surface area contributed by atoms with Crippen molar-refractivity contribution in [2.75, 3.05) is 13.2 Å². The van der Waals surface area contributed by atoms with Crippen LogP contribution in [0.5, 0.6) is 11.5 Å².